The maximum absolute atomic E-state index is 9.60. The highest BCUT2D eigenvalue weighted by atomic mass is 16.5. The summed E-state index contributed by atoms with van der Waals surface area (Å²) in [7, 11) is 0. The third-order valence-electron chi connectivity index (χ3n) is 0.771. The van der Waals surface area contributed by atoms with Crippen molar-refractivity contribution in [1.29, 1.82) is 0 Å². The number of aliphatic imine (C=N–C) groups is 1. The molecule has 0 saturated carbocycles. The topological polar surface area (TPSA) is 55.5 Å². The quantitative estimate of drug-likeness (QED) is 0.413. The number of carbonyl (C=O) groups excluding carboxylic acids is 1. The first-order valence-electron chi connectivity index (χ1n) is 2.34. The fourth-order valence-corrected chi connectivity index (χ4v) is 0.448. The van der Waals surface area contributed by atoms with Crippen molar-refractivity contribution >= 4 is 12.0 Å². The molecule has 0 bridgehead atoms. The lowest BCUT2D eigenvalue weighted by atomic mass is 10.5. The van der Waals surface area contributed by atoms with E-state index in [0.29, 0.717) is 5.69 Å². The fraction of sp³-hybridized carbons (Fsp3) is 0.200. The zero-order valence-electron chi connectivity index (χ0n) is 4.79. The van der Waals surface area contributed by atoms with Crippen LogP contribution in [0.5, 0.6) is 0 Å². The predicted octanol–water partition coefficient (Wildman–Crippen LogP) is 0.950. The Morgan fingerprint density at radius 3 is 3.11 bits per heavy atom. The molecule has 0 aliphatic rings. The zero-order chi connectivity index (χ0) is 6.69. The summed E-state index contributed by atoms with van der Waals surface area (Å²) in [6.45, 7) is 1.74. The van der Waals surface area contributed by atoms with E-state index in [-0.39, 0.29) is 5.88 Å². The van der Waals surface area contributed by atoms with Crippen molar-refractivity contribution in [2.75, 3.05) is 0 Å². The average molecular weight is 124 g/mol. The van der Waals surface area contributed by atoms with Crippen LogP contribution in [-0.2, 0) is 4.79 Å². The van der Waals surface area contributed by atoms with Crippen LogP contribution in [0.2, 0.25) is 0 Å². The molecular weight excluding hydrogens is 120 g/mol. The second kappa shape index (κ2) is 2.24. The second-order valence-electron chi connectivity index (χ2n) is 1.51. The molecule has 1 aromatic heterocycles. The van der Waals surface area contributed by atoms with Crippen molar-refractivity contribution in [2.24, 2.45) is 4.99 Å². The van der Waals surface area contributed by atoms with Gasteiger partial charge in [0.25, 0.3) is 5.88 Å². The highest BCUT2D eigenvalue weighted by Crippen LogP contribution is 2.10. The first kappa shape index (κ1) is 5.72. The third kappa shape index (κ3) is 1.24. The molecule has 4 heteroatoms. The van der Waals surface area contributed by atoms with Gasteiger partial charge in [-0.05, 0) is 6.92 Å². The van der Waals surface area contributed by atoms with E-state index in [4.69, 9.17) is 0 Å². The minimum atomic E-state index is 0.197. The van der Waals surface area contributed by atoms with E-state index in [1.54, 1.807) is 13.0 Å². The van der Waals surface area contributed by atoms with Crippen LogP contribution in [0, 0.1) is 6.92 Å². The monoisotopic (exact) mass is 124 g/mol. The Morgan fingerprint density at radius 1 is 1.89 bits per heavy atom. The molecule has 0 radical (unpaired) electrons. The lowest BCUT2D eigenvalue weighted by Crippen LogP contribution is -1.59. The Hall–Kier alpha value is -1.41. The molecule has 9 heavy (non-hydrogen) atoms. The maximum Gasteiger partial charge on any atom is 0.261 e. The third-order valence-corrected chi connectivity index (χ3v) is 0.771. The summed E-state index contributed by atoms with van der Waals surface area (Å²) in [5.74, 6) is 0.197. The summed E-state index contributed by atoms with van der Waals surface area (Å²) in [5.41, 5.74) is 0.698. The predicted molar refractivity (Wildman–Crippen MR) is 29.0 cm³/mol. The van der Waals surface area contributed by atoms with Crippen LogP contribution in [0.1, 0.15) is 5.69 Å². The Balaban J connectivity index is 2.97. The van der Waals surface area contributed by atoms with E-state index < -0.39 is 0 Å². The number of isocyanates is 1. The molecule has 0 aromatic carbocycles. The van der Waals surface area contributed by atoms with Gasteiger partial charge in [-0.2, -0.15) is 0 Å². The summed E-state index contributed by atoms with van der Waals surface area (Å²) >= 11 is 0. The van der Waals surface area contributed by atoms with Gasteiger partial charge in [0.05, 0.1) is 5.69 Å². The maximum atomic E-state index is 9.60. The first-order valence-corrected chi connectivity index (χ1v) is 2.34. The standard InChI is InChI=1S/C5H4N2O2/c1-4-2-5(6-3-8)9-7-4/h2H,1H3. The molecular formula is C5H4N2O2. The number of hydrogen-bond donors (Lipinski definition) is 0. The zero-order valence-corrected chi connectivity index (χ0v) is 4.79. The molecule has 0 spiro atoms. The van der Waals surface area contributed by atoms with Crippen LogP contribution in [0.4, 0.5) is 5.88 Å². The van der Waals surface area contributed by atoms with Crippen LogP contribution in [0.15, 0.2) is 15.6 Å². The van der Waals surface area contributed by atoms with Crippen molar-refractivity contribution in [1.82, 2.24) is 5.16 Å². The molecule has 0 aliphatic carbocycles. The van der Waals surface area contributed by atoms with Crippen LogP contribution in [0.25, 0.3) is 0 Å². The number of aryl methyl sites for hydroxylation is 1. The van der Waals surface area contributed by atoms with Gasteiger partial charge in [-0.15, -0.1) is 4.99 Å². The Labute approximate surface area is 51.2 Å². The largest absolute Gasteiger partial charge is 0.335 e. The van der Waals surface area contributed by atoms with Crippen molar-refractivity contribution in [3.05, 3.63) is 11.8 Å². The van der Waals surface area contributed by atoms with Crippen LogP contribution in [0.3, 0.4) is 0 Å². The minimum absolute atomic E-state index is 0.197. The van der Waals surface area contributed by atoms with Gasteiger partial charge >= 0.3 is 0 Å². The summed E-state index contributed by atoms with van der Waals surface area (Å²) < 4.78 is 4.53. The molecule has 4 nitrogen and oxygen atoms in total. The van der Waals surface area contributed by atoms with Gasteiger partial charge < -0.3 is 4.52 Å². The summed E-state index contributed by atoms with van der Waals surface area (Å²) in [6, 6.07) is 1.55. The van der Waals surface area contributed by atoms with Crippen molar-refractivity contribution < 1.29 is 9.32 Å². The van der Waals surface area contributed by atoms with Crippen molar-refractivity contribution in [3.63, 3.8) is 0 Å². The van der Waals surface area contributed by atoms with Crippen LogP contribution in [-0.4, -0.2) is 11.2 Å². The Morgan fingerprint density at radius 2 is 2.67 bits per heavy atom. The van der Waals surface area contributed by atoms with Crippen LogP contribution < -0.4 is 0 Å². The normalized spacial score (nSPS) is 8.56. The summed E-state index contributed by atoms with van der Waals surface area (Å²) in [5, 5.41) is 3.49. The molecule has 1 heterocycles. The Bertz CT molecular complexity index is 247. The number of nitrogens with zero attached hydrogens (tertiary/aromatic N) is 2. The highest BCUT2D eigenvalue weighted by Gasteiger charge is 1.94. The van der Waals surface area contributed by atoms with Gasteiger partial charge in [0.15, 0.2) is 0 Å². The van der Waals surface area contributed by atoms with E-state index in [9.17, 15) is 4.79 Å². The molecule has 1 aromatic rings. The van der Waals surface area contributed by atoms with E-state index in [0.717, 1.165) is 0 Å². The summed E-state index contributed by atoms with van der Waals surface area (Å²) in [6.07, 6.45) is 1.34. The van der Waals surface area contributed by atoms with Crippen molar-refractivity contribution in [3.8, 4) is 0 Å². The molecule has 0 saturated heterocycles. The molecule has 0 atom stereocenters. The molecule has 0 fully saturated rings. The van der Waals surface area contributed by atoms with Gasteiger partial charge in [0, 0.05) is 6.07 Å². The van der Waals surface area contributed by atoms with E-state index in [1.807, 2.05) is 0 Å². The minimum Gasteiger partial charge on any atom is -0.335 e. The number of rotatable bonds is 1. The summed E-state index contributed by atoms with van der Waals surface area (Å²) in [4.78, 5) is 12.8. The molecule has 0 unspecified atom stereocenters. The first-order chi connectivity index (χ1) is 4.33. The lowest BCUT2D eigenvalue weighted by molar-refractivity contribution is 0.424. The Kier molecular flexibility index (Phi) is 1.42. The van der Waals surface area contributed by atoms with E-state index in [2.05, 4.69) is 14.7 Å². The number of hydrogen-bond acceptors (Lipinski definition) is 4. The van der Waals surface area contributed by atoms with E-state index >= 15 is 0 Å². The highest BCUT2D eigenvalue weighted by molar-refractivity contribution is 5.42. The number of aromatic nitrogens is 1. The van der Waals surface area contributed by atoms with Gasteiger partial charge in [-0.3, -0.25) is 0 Å². The smallest absolute Gasteiger partial charge is 0.261 e. The molecule has 0 amide bonds. The average Bonchev–Trinajstić information content (AvgIpc) is 2.17. The van der Waals surface area contributed by atoms with Gasteiger partial charge in [0.1, 0.15) is 0 Å². The van der Waals surface area contributed by atoms with Gasteiger partial charge in [-0.1, -0.05) is 5.16 Å². The van der Waals surface area contributed by atoms with Gasteiger partial charge in [0.2, 0.25) is 6.08 Å². The second-order valence-corrected chi connectivity index (χ2v) is 1.51. The van der Waals surface area contributed by atoms with Crippen molar-refractivity contribution in [2.45, 2.75) is 6.92 Å². The van der Waals surface area contributed by atoms with Crippen LogP contribution >= 0.6 is 0 Å². The SMILES string of the molecule is Cc1cc(N=C=O)on1. The molecule has 1 rings (SSSR count). The molecule has 0 N–H and O–H groups in total. The van der Waals surface area contributed by atoms with E-state index in [1.165, 1.54) is 6.08 Å². The molecule has 46 valence electrons. The fourth-order valence-electron chi connectivity index (χ4n) is 0.448. The lowest BCUT2D eigenvalue weighted by Gasteiger charge is -1.67. The van der Waals surface area contributed by atoms with Gasteiger partial charge in [-0.25, -0.2) is 4.79 Å². The molecule has 0 aliphatic heterocycles.